The Bertz CT molecular complexity index is 595. The maximum atomic E-state index is 11.4. The van der Waals surface area contributed by atoms with Crippen LogP contribution in [-0.2, 0) is 9.53 Å². The topological polar surface area (TPSA) is 39.2 Å². The molecule has 0 N–H and O–H groups in total. The minimum absolute atomic E-state index is 0.243. The highest BCUT2D eigenvalue weighted by atomic mass is 35.5. The molecule has 0 amide bonds. The number of esters is 1. The van der Waals surface area contributed by atoms with Crippen molar-refractivity contribution in [1.82, 2.24) is 4.98 Å². The van der Waals surface area contributed by atoms with Gasteiger partial charge in [-0.25, -0.2) is 4.98 Å². The van der Waals surface area contributed by atoms with E-state index in [0.717, 1.165) is 15.6 Å². The van der Waals surface area contributed by atoms with Crippen molar-refractivity contribution in [2.75, 3.05) is 12.4 Å². The fourth-order valence-corrected chi connectivity index (χ4v) is 3.15. The molecule has 0 saturated carbocycles. The Balaban J connectivity index is 1.94. The number of aromatic nitrogens is 1. The van der Waals surface area contributed by atoms with Gasteiger partial charge in [-0.3, -0.25) is 4.79 Å². The largest absolute Gasteiger partial charge is 0.461 e. The first-order valence-corrected chi connectivity index (χ1v) is 8.04. The van der Waals surface area contributed by atoms with Gasteiger partial charge in [0.25, 0.3) is 0 Å². The van der Waals surface area contributed by atoms with Gasteiger partial charge in [-0.1, -0.05) is 48.2 Å². The number of thiazole rings is 1. The standard InChI is InChI=1S/C14H12ClNO2S2/c1-2-7-18-13(17)9-20-14-16-12(8-19-14)10-3-5-11(15)6-4-10/h2-6,8H,1,7,9H2. The Labute approximate surface area is 130 Å². The van der Waals surface area contributed by atoms with Crippen molar-refractivity contribution in [1.29, 1.82) is 0 Å². The van der Waals surface area contributed by atoms with Crippen molar-refractivity contribution in [3.8, 4) is 11.3 Å². The second-order valence-corrected chi connectivity index (χ2v) is 6.28. The quantitative estimate of drug-likeness (QED) is 0.451. The molecule has 0 aliphatic carbocycles. The van der Waals surface area contributed by atoms with E-state index in [9.17, 15) is 4.79 Å². The van der Waals surface area contributed by atoms with Crippen molar-refractivity contribution in [2.45, 2.75) is 4.34 Å². The lowest BCUT2D eigenvalue weighted by Gasteiger charge is -1.99. The summed E-state index contributed by atoms with van der Waals surface area (Å²) in [4.78, 5) is 15.8. The molecule has 1 aromatic heterocycles. The predicted octanol–water partition coefficient (Wildman–Crippen LogP) is 4.28. The number of rotatable bonds is 6. The highest BCUT2D eigenvalue weighted by Gasteiger charge is 2.08. The van der Waals surface area contributed by atoms with Crippen LogP contribution in [0.5, 0.6) is 0 Å². The molecular weight excluding hydrogens is 314 g/mol. The average Bonchev–Trinajstić information content (AvgIpc) is 2.92. The molecule has 0 spiro atoms. The summed E-state index contributed by atoms with van der Waals surface area (Å²) >= 11 is 8.73. The maximum absolute atomic E-state index is 11.4. The van der Waals surface area contributed by atoms with E-state index < -0.39 is 0 Å². The van der Waals surface area contributed by atoms with Crippen LogP contribution in [0.2, 0.25) is 5.02 Å². The Morgan fingerprint density at radius 1 is 1.45 bits per heavy atom. The van der Waals surface area contributed by atoms with E-state index in [4.69, 9.17) is 16.3 Å². The number of halogens is 1. The molecule has 0 unspecified atom stereocenters. The molecule has 2 aromatic rings. The van der Waals surface area contributed by atoms with E-state index in [1.54, 1.807) is 6.08 Å². The summed E-state index contributed by atoms with van der Waals surface area (Å²) < 4.78 is 5.74. The molecule has 6 heteroatoms. The highest BCUT2D eigenvalue weighted by molar-refractivity contribution is 8.01. The van der Waals surface area contributed by atoms with Crippen molar-refractivity contribution in [3.05, 3.63) is 47.3 Å². The number of nitrogens with zero attached hydrogens (tertiary/aromatic N) is 1. The van der Waals surface area contributed by atoms with Crippen LogP contribution in [-0.4, -0.2) is 23.3 Å². The van der Waals surface area contributed by atoms with Gasteiger partial charge < -0.3 is 4.74 Å². The van der Waals surface area contributed by atoms with Crippen LogP contribution in [0.3, 0.4) is 0 Å². The molecule has 104 valence electrons. The lowest BCUT2D eigenvalue weighted by molar-refractivity contribution is -0.139. The molecule has 0 atom stereocenters. The van der Waals surface area contributed by atoms with Gasteiger partial charge in [0.2, 0.25) is 0 Å². The molecule has 0 radical (unpaired) electrons. The Kier molecular flexibility index (Phi) is 5.64. The maximum Gasteiger partial charge on any atom is 0.316 e. The molecule has 0 fully saturated rings. The third-order valence-corrected chi connectivity index (χ3v) is 4.55. The highest BCUT2D eigenvalue weighted by Crippen LogP contribution is 2.28. The third-order valence-electron chi connectivity index (χ3n) is 2.30. The number of thioether (sulfide) groups is 1. The van der Waals surface area contributed by atoms with E-state index in [-0.39, 0.29) is 18.3 Å². The van der Waals surface area contributed by atoms with E-state index in [1.165, 1.54) is 23.1 Å². The van der Waals surface area contributed by atoms with E-state index in [0.29, 0.717) is 5.02 Å². The summed E-state index contributed by atoms with van der Waals surface area (Å²) in [6.45, 7) is 3.73. The zero-order valence-corrected chi connectivity index (χ0v) is 12.9. The van der Waals surface area contributed by atoms with Gasteiger partial charge in [0.15, 0.2) is 4.34 Å². The molecular formula is C14H12ClNO2S2. The predicted molar refractivity (Wildman–Crippen MR) is 84.4 cm³/mol. The average molecular weight is 326 g/mol. The fraction of sp³-hybridized carbons (Fsp3) is 0.143. The molecule has 2 rings (SSSR count). The van der Waals surface area contributed by atoms with E-state index in [1.807, 2.05) is 29.6 Å². The van der Waals surface area contributed by atoms with Gasteiger partial charge in [0.05, 0.1) is 11.4 Å². The Morgan fingerprint density at radius 2 is 2.20 bits per heavy atom. The van der Waals surface area contributed by atoms with Crippen molar-refractivity contribution < 1.29 is 9.53 Å². The number of ether oxygens (including phenoxy) is 1. The van der Waals surface area contributed by atoms with Crippen LogP contribution in [0, 0.1) is 0 Å². The molecule has 1 heterocycles. The summed E-state index contributed by atoms with van der Waals surface area (Å²) in [6.07, 6.45) is 1.55. The van der Waals surface area contributed by atoms with Gasteiger partial charge in [-0.2, -0.15) is 0 Å². The number of hydrogen-bond acceptors (Lipinski definition) is 5. The van der Waals surface area contributed by atoms with Crippen LogP contribution < -0.4 is 0 Å². The van der Waals surface area contributed by atoms with Crippen molar-refractivity contribution >= 4 is 40.7 Å². The van der Waals surface area contributed by atoms with Crippen LogP contribution in [0.15, 0.2) is 46.6 Å². The summed E-state index contributed by atoms with van der Waals surface area (Å²) in [5.41, 5.74) is 1.89. The van der Waals surface area contributed by atoms with Gasteiger partial charge in [-0.05, 0) is 12.1 Å². The Morgan fingerprint density at radius 3 is 2.90 bits per heavy atom. The first kappa shape index (κ1) is 15.1. The van der Waals surface area contributed by atoms with E-state index in [2.05, 4.69) is 11.6 Å². The van der Waals surface area contributed by atoms with Gasteiger partial charge in [0.1, 0.15) is 6.61 Å². The molecule has 3 nitrogen and oxygen atoms in total. The van der Waals surface area contributed by atoms with Crippen LogP contribution >= 0.6 is 34.7 Å². The van der Waals surface area contributed by atoms with E-state index >= 15 is 0 Å². The molecule has 1 aromatic carbocycles. The van der Waals surface area contributed by atoms with Gasteiger partial charge in [0, 0.05) is 16.0 Å². The molecule has 0 saturated heterocycles. The minimum atomic E-state index is -0.266. The summed E-state index contributed by atoms with van der Waals surface area (Å²) in [7, 11) is 0. The second kappa shape index (κ2) is 7.47. The third kappa shape index (κ3) is 4.37. The lowest BCUT2D eigenvalue weighted by Crippen LogP contribution is -2.06. The fourth-order valence-electron chi connectivity index (χ4n) is 1.39. The molecule has 0 aliphatic rings. The summed E-state index contributed by atoms with van der Waals surface area (Å²) in [6, 6.07) is 7.50. The van der Waals surface area contributed by atoms with Crippen molar-refractivity contribution in [2.24, 2.45) is 0 Å². The van der Waals surface area contributed by atoms with Crippen molar-refractivity contribution in [3.63, 3.8) is 0 Å². The normalized spacial score (nSPS) is 10.2. The molecule has 20 heavy (non-hydrogen) atoms. The van der Waals surface area contributed by atoms with Crippen LogP contribution in [0.1, 0.15) is 0 Å². The smallest absolute Gasteiger partial charge is 0.316 e. The van der Waals surface area contributed by atoms with Gasteiger partial charge >= 0.3 is 5.97 Å². The Hall–Kier alpha value is -1.30. The SMILES string of the molecule is C=CCOC(=O)CSc1nc(-c2ccc(Cl)cc2)cs1. The van der Waals surface area contributed by atoms with Crippen LogP contribution in [0.4, 0.5) is 0 Å². The first-order valence-electron chi connectivity index (χ1n) is 5.80. The van der Waals surface area contributed by atoms with Crippen LogP contribution in [0.25, 0.3) is 11.3 Å². The number of carbonyl (C=O) groups excluding carboxylic acids is 1. The number of carbonyl (C=O) groups is 1. The zero-order valence-electron chi connectivity index (χ0n) is 10.5. The van der Waals surface area contributed by atoms with Gasteiger partial charge in [-0.15, -0.1) is 11.3 Å². The second-order valence-electron chi connectivity index (χ2n) is 3.77. The number of hydrogen-bond donors (Lipinski definition) is 0. The minimum Gasteiger partial charge on any atom is -0.461 e. The zero-order chi connectivity index (χ0) is 14.4. The lowest BCUT2D eigenvalue weighted by atomic mass is 10.2. The summed E-state index contributed by atoms with van der Waals surface area (Å²) in [5, 5.41) is 2.66. The molecule has 0 aliphatic heterocycles. The number of benzene rings is 1. The summed E-state index contributed by atoms with van der Waals surface area (Å²) in [5.74, 6) is -0.0142. The molecule has 0 bridgehead atoms. The monoisotopic (exact) mass is 325 g/mol. The first-order chi connectivity index (χ1) is 9.69.